The molecule has 16 heavy (non-hydrogen) atoms. The zero-order chi connectivity index (χ0) is 11.2. The highest BCUT2D eigenvalue weighted by Gasteiger charge is 2.74. The van der Waals surface area contributed by atoms with Crippen LogP contribution in [0.2, 0.25) is 0 Å². The minimum Gasteiger partial charge on any atom is -0.460 e. The summed E-state index contributed by atoms with van der Waals surface area (Å²) in [7, 11) is 0. The molecule has 2 saturated carbocycles. The molecule has 0 aromatic heterocycles. The Hall–Kier alpha value is -0.570. The van der Waals surface area contributed by atoms with E-state index in [9.17, 15) is 4.79 Å². The molecule has 90 valence electrons. The molecular formula is C13H20O3. The summed E-state index contributed by atoms with van der Waals surface area (Å²) in [5.74, 6) is -0.112. The minimum atomic E-state index is -0.608. The number of carbonyl (C=O) groups excluding carboxylic acids is 1. The van der Waals surface area contributed by atoms with Crippen LogP contribution >= 0.6 is 0 Å². The van der Waals surface area contributed by atoms with Gasteiger partial charge in [0.05, 0.1) is 0 Å². The molecule has 3 fully saturated rings. The molecule has 0 N–H and O–H groups in total. The van der Waals surface area contributed by atoms with Gasteiger partial charge in [-0.15, -0.1) is 0 Å². The fourth-order valence-corrected chi connectivity index (χ4v) is 3.12. The summed E-state index contributed by atoms with van der Waals surface area (Å²) >= 11 is 0. The predicted molar refractivity (Wildman–Crippen MR) is 59.0 cm³/mol. The summed E-state index contributed by atoms with van der Waals surface area (Å²) in [6.07, 6.45) is 9.15. The van der Waals surface area contributed by atoms with Gasteiger partial charge >= 0.3 is 5.97 Å². The molecule has 1 heterocycles. The second kappa shape index (κ2) is 3.46. The predicted octanol–water partition coefficient (Wildman–Crippen LogP) is 2.57. The van der Waals surface area contributed by atoms with E-state index in [2.05, 4.69) is 0 Å². The number of esters is 1. The van der Waals surface area contributed by atoms with E-state index in [0.29, 0.717) is 0 Å². The van der Waals surface area contributed by atoms with E-state index < -0.39 is 5.60 Å². The first-order valence-electron chi connectivity index (χ1n) is 6.58. The summed E-state index contributed by atoms with van der Waals surface area (Å²) in [6.45, 7) is 1.90. The Bertz CT molecular complexity index is 302. The van der Waals surface area contributed by atoms with Gasteiger partial charge in [0.25, 0.3) is 0 Å². The average Bonchev–Trinajstić information content (AvgIpc) is 2.89. The van der Waals surface area contributed by atoms with Gasteiger partial charge in [-0.3, -0.25) is 0 Å². The lowest BCUT2D eigenvalue weighted by Crippen LogP contribution is -2.39. The Labute approximate surface area is 96.5 Å². The van der Waals surface area contributed by atoms with E-state index in [0.717, 1.165) is 25.7 Å². The Balaban J connectivity index is 1.57. The van der Waals surface area contributed by atoms with Crippen molar-refractivity contribution in [1.82, 2.24) is 0 Å². The summed E-state index contributed by atoms with van der Waals surface area (Å²) < 4.78 is 11.2. The van der Waals surface area contributed by atoms with Gasteiger partial charge in [-0.25, -0.2) is 4.79 Å². The van der Waals surface area contributed by atoms with Gasteiger partial charge in [-0.2, -0.15) is 0 Å². The lowest BCUT2D eigenvalue weighted by atomic mass is 9.76. The number of epoxide rings is 1. The molecule has 3 nitrogen and oxygen atoms in total. The Morgan fingerprint density at radius 1 is 1.19 bits per heavy atom. The molecule has 0 aromatic rings. The molecule has 0 bridgehead atoms. The van der Waals surface area contributed by atoms with Crippen LogP contribution in [0.5, 0.6) is 0 Å². The SMILES string of the molecule is CC1(C(=O)OC2CCCCC2)OC12CCC2. The molecule has 3 heteroatoms. The quantitative estimate of drug-likeness (QED) is 0.534. The van der Waals surface area contributed by atoms with Crippen LogP contribution < -0.4 is 0 Å². The van der Waals surface area contributed by atoms with E-state index in [-0.39, 0.29) is 17.7 Å². The van der Waals surface area contributed by atoms with E-state index in [1.54, 1.807) is 0 Å². The summed E-state index contributed by atoms with van der Waals surface area (Å²) in [5, 5.41) is 0. The van der Waals surface area contributed by atoms with Crippen molar-refractivity contribution in [2.45, 2.75) is 75.6 Å². The number of carbonyl (C=O) groups is 1. The molecule has 1 spiro atoms. The van der Waals surface area contributed by atoms with Crippen molar-refractivity contribution >= 4 is 5.97 Å². The van der Waals surface area contributed by atoms with Crippen LogP contribution in [0.1, 0.15) is 58.3 Å². The first kappa shape index (κ1) is 10.6. The topological polar surface area (TPSA) is 38.8 Å². The van der Waals surface area contributed by atoms with Gasteiger partial charge in [0.15, 0.2) is 5.60 Å². The highest BCUT2D eigenvalue weighted by atomic mass is 16.7. The zero-order valence-electron chi connectivity index (χ0n) is 9.96. The first-order chi connectivity index (χ1) is 7.66. The van der Waals surface area contributed by atoms with E-state index in [1.807, 2.05) is 6.92 Å². The number of hydrogen-bond acceptors (Lipinski definition) is 3. The van der Waals surface area contributed by atoms with Crippen molar-refractivity contribution in [2.24, 2.45) is 0 Å². The maximum Gasteiger partial charge on any atom is 0.341 e. The average molecular weight is 224 g/mol. The zero-order valence-corrected chi connectivity index (χ0v) is 9.96. The summed E-state index contributed by atoms with van der Waals surface area (Å²) in [6, 6.07) is 0. The van der Waals surface area contributed by atoms with Crippen LogP contribution in [-0.2, 0) is 14.3 Å². The number of hydrogen-bond donors (Lipinski definition) is 0. The standard InChI is InChI=1S/C13H20O3/c1-12(13(16-12)8-5-9-13)11(14)15-10-6-3-2-4-7-10/h10H,2-9H2,1H3. The maximum atomic E-state index is 12.1. The van der Waals surface area contributed by atoms with Crippen LogP contribution in [0.3, 0.4) is 0 Å². The third kappa shape index (κ3) is 1.41. The summed E-state index contributed by atoms with van der Waals surface area (Å²) in [5.41, 5.74) is -0.735. The third-order valence-electron chi connectivity index (χ3n) is 4.60. The van der Waals surface area contributed by atoms with Crippen molar-refractivity contribution in [3.63, 3.8) is 0 Å². The van der Waals surface area contributed by atoms with Crippen LogP contribution in [-0.4, -0.2) is 23.3 Å². The highest BCUT2D eigenvalue weighted by Crippen LogP contribution is 2.60. The molecule has 1 saturated heterocycles. The highest BCUT2D eigenvalue weighted by molar-refractivity contribution is 5.84. The lowest BCUT2D eigenvalue weighted by Gasteiger charge is -2.26. The number of ether oxygens (including phenoxy) is 2. The molecule has 1 unspecified atom stereocenters. The van der Waals surface area contributed by atoms with Gasteiger partial charge in [0.1, 0.15) is 11.7 Å². The fraction of sp³-hybridized carbons (Fsp3) is 0.923. The Morgan fingerprint density at radius 2 is 1.88 bits per heavy atom. The molecule has 1 aliphatic heterocycles. The molecule has 2 aliphatic carbocycles. The van der Waals surface area contributed by atoms with Gasteiger partial charge in [0, 0.05) is 0 Å². The van der Waals surface area contributed by atoms with E-state index >= 15 is 0 Å². The van der Waals surface area contributed by atoms with Crippen molar-refractivity contribution in [2.75, 3.05) is 0 Å². The molecule has 1 atom stereocenters. The fourth-order valence-electron chi connectivity index (χ4n) is 3.12. The Kier molecular flexibility index (Phi) is 2.29. The molecule has 0 aromatic carbocycles. The molecule has 3 aliphatic rings. The molecule has 0 radical (unpaired) electrons. The second-order valence-corrected chi connectivity index (χ2v) is 5.65. The van der Waals surface area contributed by atoms with Crippen molar-refractivity contribution in [3.8, 4) is 0 Å². The number of rotatable bonds is 2. The van der Waals surface area contributed by atoms with Crippen LogP contribution in [0, 0.1) is 0 Å². The van der Waals surface area contributed by atoms with Gasteiger partial charge in [-0.1, -0.05) is 6.42 Å². The minimum absolute atomic E-state index is 0.112. The third-order valence-corrected chi connectivity index (χ3v) is 4.60. The Morgan fingerprint density at radius 3 is 2.38 bits per heavy atom. The van der Waals surface area contributed by atoms with Crippen LogP contribution in [0.15, 0.2) is 0 Å². The first-order valence-corrected chi connectivity index (χ1v) is 6.58. The second-order valence-electron chi connectivity index (χ2n) is 5.65. The smallest absolute Gasteiger partial charge is 0.341 e. The molecular weight excluding hydrogens is 204 g/mol. The van der Waals surface area contributed by atoms with E-state index in [1.165, 1.54) is 25.7 Å². The van der Waals surface area contributed by atoms with Crippen molar-refractivity contribution in [1.29, 1.82) is 0 Å². The normalized spacial score (nSPS) is 36.8. The van der Waals surface area contributed by atoms with Gasteiger partial charge in [-0.05, 0) is 51.9 Å². The monoisotopic (exact) mass is 224 g/mol. The lowest BCUT2D eigenvalue weighted by molar-refractivity contribution is -0.156. The van der Waals surface area contributed by atoms with Gasteiger partial charge in [0.2, 0.25) is 0 Å². The van der Waals surface area contributed by atoms with Crippen molar-refractivity contribution < 1.29 is 14.3 Å². The van der Waals surface area contributed by atoms with Crippen molar-refractivity contribution in [3.05, 3.63) is 0 Å². The van der Waals surface area contributed by atoms with E-state index in [4.69, 9.17) is 9.47 Å². The largest absolute Gasteiger partial charge is 0.460 e. The van der Waals surface area contributed by atoms with Crippen LogP contribution in [0.25, 0.3) is 0 Å². The molecule has 3 rings (SSSR count). The molecule has 0 amide bonds. The van der Waals surface area contributed by atoms with Crippen LogP contribution in [0.4, 0.5) is 0 Å². The summed E-state index contributed by atoms with van der Waals surface area (Å²) in [4.78, 5) is 12.1. The van der Waals surface area contributed by atoms with Gasteiger partial charge < -0.3 is 9.47 Å². The maximum absolute atomic E-state index is 12.1.